The molecule has 2 unspecified atom stereocenters. The van der Waals surface area contributed by atoms with E-state index in [0.717, 1.165) is 13.0 Å². The van der Waals surface area contributed by atoms with Gasteiger partial charge in [0, 0.05) is 6.04 Å². The summed E-state index contributed by atoms with van der Waals surface area (Å²) in [6, 6.07) is 6.38. The molecule has 3 heteroatoms. The molecule has 90 valence electrons. The Morgan fingerprint density at radius 2 is 1.88 bits per heavy atom. The van der Waals surface area contributed by atoms with Crippen LogP contribution in [0.3, 0.4) is 0 Å². The average Bonchev–Trinajstić information content (AvgIpc) is 2.28. The molecule has 1 aromatic rings. The SMILES string of the molecule is CCNC(CC)C(C)c1ccc(Cl)c(Cl)c1. The summed E-state index contributed by atoms with van der Waals surface area (Å²) in [5.74, 6) is 0.444. The number of nitrogens with one attached hydrogen (secondary N) is 1. The Balaban J connectivity index is 2.85. The largest absolute Gasteiger partial charge is 0.314 e. The van der Waals surface area contributed by atoms with Crippen LogP contribution >= 0.6 is 23.2 Å². The first-order valence-corrected chi connectivity index (χ1v) is 6.54. The molecule has 0 spiro atoms. The van der Waals surface area contributed by atoms with Crippen LogP contribution in [-0.2, 0) is 0 Å². The normalized spacial score (nSPS) is 14.8. The van der Waals surface area contributed by atoms with Crippen molar-refractivity contribution in [1.82, 2.24) is 5.32 Å². The smallest absolute Gasteiger partial charge is 0.0595 e. The van der Waals surface area contributed by atoms with Gasteiger partial charge in [0.05, 0.1) is 10.0 Å². The second-order valence-electron chi connectivity index (χ2n) is 4.03. The Morgan fingerprint density at radius 3 is 2.38 bits per heavy atom. The number of hydrogen-bond donors (Lipinski definition) is 1. The van der Waals surface area contributed by atoms with Crippen molar-refractivity contribution in [3.63, 3.8) is 0 Å². The summed E-state index contributed by atoms with van der Waals surface area (Å²) in [6.07, 6.45) is 1.11. The maximum Gasteiger partial charge on any atom is 0.0595 e. The minimum absolute atomic E-state index is 0.444. The van der Waals surface area contributed by atoms with Crippen molar-refractivity contribution in [1.29, 1.82) is 0 Å². The first-order chi connectivity index (χ1) is 7.60. The lowest BCUT2D eigenvalue weighted by Crippen LogP contribution is -2.32. The predicted molar refractivity (Wildman–Crippen MR) is 72.6 cm³/mol. The van der Waals surface area contributed by atoms with Crippen molar-refractivity contribution in [2.24, 2.45) is 0 Å². The van der Waals surface area contributed by atoms with E-state index in [0.29, 0.717) is 22.0 Å². The molecular weight excluding hydrogens is 241 g/mol. The standard InChI is InChI=1S/C13H19Cl2N/c1-4-13(16-5-2)9(3)10-6-7-11(14)12(15)8-10/h6-9,13,16H,4-5H2,1-3H3. The zero-order chi connectivity index (χ0) is 12.1. The third kappa shape index (κ3) is 3.38. The number of hydrogen-bond acceptors (Lipinski definition) is 1. The summed E-state index contributed by atoms with van der Waals surface area (Å²) in [7, 11) is 0. The van der Waals surface area contributed by atoms with Crippen molar-refractivity contribution in [2.45, 2.75) is 39.2 Å². The van der Waals surface area contributed by atoms with Crippen LogP contribution in [0.5, 0.6) is 0 Å². The van der Waals surface area contributed by atoms with Gasteiger partial charge in [-0.2, -0.15) is 0 Å². The lowest BCUT2D eigenvalue weighted by molar-refractivity contribution is 0.449. The van der Waals surface area contributed by atoms with Gasteiger partial charge in [0.2, 0.25) is 0 Å². The van der Waals surface area contributed by atoms with Gasteiger partial charge in [0.1, 0.15) is 0 Å². The van der Waals surface area contributed by atoms with E-state index in [-0.39, 0.29) is 0 Å². The topological polar surface area (TPSA) is 12.0 Å². The lowest BCUT2D eigenvalue weighted by atomic mass is 9.92. The van der Waals surface area contributed by atoms with Crippen LogP contribution in [0.2, 0.25) is 10.0 Å². The fourth-order valence-electron chi connectivity index (χ4n) is 1.96. The first kappa shape index (κ1) is 13.8. The summed E-state index contributed by atoms with van der Waals surface area (Å²) in [5.41, 5.74) is 1.24. The van der Waals surface area contributed by atoms with Gasteiger partial charge in [-0.25, -0.2) is 0 Å². The minimum Gasteiger partial charge on any atom is -0.314 e. The Morgan fingerprint density at radius 1 is 1.19 bits per heavy atom. The Labute approximate surface area is 108 Å². The van der Waals surface area contributed by atoms with E-state index in [1.165, 1.54) is 5.56 Å². The molecule has 0 aliphatic carbocycles. The third-order valence-electron chi connectivity index (χ3n) is 2.98. The zero-order valence-corrected chi connectivity index (χ0v) is 11.6. The van der Waals surface area contributed by atoms with E-state index in [1.54, 1.807) is 0 Å². The van der Waals surface area contributed by atoms with E-state index in [9.17, 15) is 0 Å². The summed E-state index contributed by atoms with van der Waals surface area (Å²) < 4.78 is 0. The van der Waals surface area contributed by atoms with Crippen LogP contribution in [0.25, 0.3) is 0 Å². The molecule has 0 saturated heterocycles. The Hall–Kier alpha value is -0.240. The Bertz CT molecular complexity index is 339. The number of halogens is 2. The molecule has 1 aromatic carbocycles. The molecule has 0 amide bonds. The maximum atomic E-state index is 6.03. The quantitative estimate of drug-likeness (QED) is 0.822. The van der Waals surface area contributed by atoms with Crippen molar-refractivity contribution < 1.29 is 0 Å². The Kier molecular flexibility index (Phi) is 5.60. The van der Waals surface area contributed by atoms with Gasteiger partial charge in [-0.3, -0.25) is 0 Å². The molecule has 0 aliphatic heterocycles. The third-order valence-corrected chi connectivity index (χ3v) is 3.72. The molecule has 0 fully saturated rings. The average molecular weight is 260 g/mol. The van der Waals surface area contributed by atoms with E-state index >= 15 is 0 Å². The molecular formula is C13H19Cl2N. The summed E-state index contributed by atoms with van der Waals surface area (Å²) in [6.45, 7) is 7.53. The highest BCUT2D eigenvalue weighted by Gasteiger charge is 2.16. The molecule has 1 N–H and O–H groups in total. The van der Waals surface area contributed by atoms with Crippen LogP contribution in [0, 0.1) is 0 Å². The molecule has 0 radical (unpaired) electrons. The van der Waals surface area contributed by atoms with Crippen LogP contribution < -0.4 is 5.32 Å². The van der Waals surface area contributed by atoms with Gasteiger partial charge < -0.3 is 5.32 Å². The van der Waals surface area contributed by atoms with Crippen molar-refractivity contribution in [2.75, 3.05) is 6.54 Å². The maximum absolute atomic E-state index is 6.03. The summed E-state index contributed by atoms with van der Waals surface area (Å²) >= 11 is 11.9. The van der Waals surface area contributed by atoms with Crippen LogP contribution in [0.1, 0.15) is 38.7 Å². The molecule has 0 aliphatic rings. The van der Waals surface area contributed by atoms with Gasteiger partial charge in [-0.15, -0.1) is 0 Å². The van der Waals surface area contributed by atoms with Crippen molar-refractivity contribution in [3.05, 3.63) is 33.8 Å². The predicted octanol–water partition coefficient (Wildman–Crippen LogP) is 4.49. The number of likely N-dealkylation sites (N-methyl/N-ethyl adjacent to an activating group) is 1. The number of benzene rings is 1. The molecule has 1 rings (SSSR count). The van der Waals surface area contributed by atoms with Gasteiger partial charge in [-0.05, 0) is 36.6 Å². The lowest BCUT2D eigenvalue weighted by Gasteiger charge is -2.24. The second kappa shape index (κ2) is 6.48. The first-order valence-electron chi connectivity index (χ1n) is 5.78. The van der Waals surface area contributed by atoms with Crippen molar-refractivity contribution >= 4 is 23.2 Å². The molecule has 2 atom stereocenters. The highest BCUT2D eigenvalue weighted by Crippen LogP contribution is 2.28. The number of rotatable bonds is 5. The van der Waals surface area contributed by atoms with Gasteiger partial charge in [0.25, 0.3) is 0 Å². The van der Waals surface area contributed by atoms with Gasteiger partial charge in [-0.1, -0.05) is 50.0 Å². The van der Waals surface area contributed by atoms with E-state index in [1.807, 2.05) is 12.1 Å². The monoisotopic (exact) mass is 259 g/mol. The van der Waals surface area contributed by atoms with Crippen LogP contribution in [0.4, 0.5) is 0 Å². The molecule has 0 aromatic heterocycles. The van der Waals surface area contributed by atoms with Gasteiger partial charge in [0.15, 0.2) is 0 Å². The van der Waals surface area contributed by atoms with E-state index < -0.39 is 0 Å². The van der Waals surface area contributed by atoms with E-state index in [4.69, 9.17) is 23.2 Å². The summed E-state index contributed by atoms with van der Waals surface area (Å²) in [5, 5.41) is 4.74. The van der Waals surface area contributed by atoms with E-state index in [2.05, 4.69) is 32.2 Å². The van der Waals surface area contributed by atoms with Gasteiger partial charge >= 0.3 is 0 Å². The molecule has 1 nitrogen and oxygen atoms in total. The zero-order valence-electron chi connectivity index (χ0n) is 10.1. The minimum atomic E-state index is 0.444. The second-order valence-corrected chi connectivity index (χ2v) is 4.85. The molecule has 0 saturated carbocycles. The highest BCUT2D eigenvalue weighted by molar-refractivity contribution is 6.42. The molecule has 16 heavy (non-hydrogen) atoms. The molecule has 0 heterocycles. The highest BCUT2D eigenvalue weighted by atomic mass is 35.5. The van der Waals surface area contributed by atoms with Crippen molar-refractivity contribution in [3.8, 4) is 0 Å². The van der Waals surface area contributed by atoms with Crippen LogP contribution in [0.15, 0.2) is 18.2 Å². The summed E-state index contributed by atoms with van der Waals surface area (Å²) in [4.78, 5) is 0. The fraction of sp³-hybridized carbons (Fsp3) is 0.538. The fourth-order valence-corrected chi connectivity index (χ4v) is 2.27. The van der Waals surface area contributed by atoms with Crippen LogP contribution in [-0.4, -0.2) is 12.6 Å². The molecule has 0 bridgehead atoms.